The lowest BCUT2D eigenvalue weighted by atomic mass is 10.1. The summed E-state index contributed by atoms with van der Waals surface area (Å²) >= 11 is 0. The molecule has 6 heteroatoms. The Balaban J connectivity index is 1.62. The Labute approximate surface area is 165 Å². The minimum absolute atomic E-state index is 0.170. The first kappa shape index (κ1) is 16.9. The zero-order valence-electron chi connectivity index (χ0n) is 15.1. The smallest absolute Gasteiger partial charge is 0.335 e. The molecular weight excluding hydrogens is 368 g/mol. The number of carbonyl (C=O) groups excluding carboxylic acids is 3. The maximum absolute atomic E-state index is 13.1. The number of hydrogen-bond donors (Lipinski definition) is 1. The van der Waals surface area contributed by atoms with Gasteiger partial charge in [-0.05, 0) is 29.7 Å². The van der Waals surface area contributed by atoms with E-state index in [0.717, 1.165) is 21.1 Å². The van der Waals surface area contributed by atoms with Gasteiger partial charge >= 0.3 is 6.03 Å². The lowest BCUT2D eigenvalue weighted by molar-refractivity contribution is -0.122. The van der Waals surface area contributed by atoms with Crippen molar-refractivity contribution in [3.63, 3.8) is 0 Å². The lowest BCUT2D eigenvalue weighted by Gasteiger charge is -2.27. The average Bonchev–Trinajstić information content (AvgIpc) is 3.14. The number of anilines is 1. The van der Waals surface area contributed by atoms with Gasteiger partial charge in [0.2, 0.25) is 0 Å². The van der Waals surface area contributed by atoms with Crippen molar-refractivity contribution in [1.82, 2.24) is 5.32 Å². The van der Waals surface area contributed by atoms with Crippen molar-refractivity contribution in [3.8, 4) is 0 Å². The Morgan fingerprint density at radius 3 is 2.38 bits per heavy atom. The van der Waals surface area contributed by atoms with Crippen LogP contribution in [-0.2, 0) is 9.59 Å². The summed E-state index contributed by atoms with van der Waals surface area (Å²) in [6, 6.07) is 21.1. The second kappa shape index (κ2) is 6.45. The second-order valence-electron chi connectivity index (χ2n) is 6.64. The lowest BCUT2D eigenvalue weighted by Crippen LogP contribution is -2.54. The van der Waals surface area contributed by atoms with Crippen molar-refractivity contribution in [3.05, 3.63) is 84.1 Å². The Morgan fingerprint density at radius 1 is 0.828 bits per heavy atom. The number of hydrogen-bond acceptors (Lipinski definition) is 4. The predicted molar refractivity (Wildman–Crippen MR) is 109 cm³/mol. The van der Waals surface area contributed by atoms with Crippen molar-refractivity contribution in [1.29, 1.82) is 0 Å². The molecule has 0 spiro atoms. The van der Waals surface area contributed by atoms with Gasteiger partial charge in [-0.1, -0.05) is 54.6 Å². The fourth-order valence-corrected chi connectivity index (χ4v) is 3.50. The largest absolute Gasteiger partial charge is 0.457 e. The first-order valence-corrected chi connectivity index (χ1v) is 8.99. The van der Waals surface area contributed by atoms with E-state index < -0.39 is 17.8 Å². The summed E-state index contributed by atoms with van der Waals surface area (Å²) in [5.41, 5.74) is 0.884. The third-order valence-corrected chi connectivity index (χ3v) is 4.84. The number of barbiturate groups is 1. The zero-order valence-corrected chi connectivity index (χ0v) is 15.1. The topological polar surface area (TPSA) is 79.6 Å². The van der Waals surface area contributed by atoms with Crippen molar-refractivity contribution in [2.24, 2.45) is 0 Å². The highest BCUT2D eigenvalue weighted by Crippen LogP contribution is 2.30. The van der Waals surface area contributed by atoms with E-state index in [1.54, 1.807) is 24.3 Å². The van der Waals surface area contributed by atoms with Crippen molar-refractivity contribution in [2.45, 2.75) is 0 Å². The summed E-state index contributed by atoms with van der Waals surface area (Å²) in [5.74, 6) is -1.09. The van der Waals surface area contributed by atoms with Gasteiger partial charge in [-0.3, -0.25) is 14.9 Å². The first-order chi connectivity index (χ1) is 14.1. The fraction of sp³-hybridized carbons (Fsp3) is 0. The molecule has 2 heterocycles. The number of carbonyl (C=O) groups is 3. The van der Waals surface area contributed by atoms with E-state index in [1.807, 2.05) is 48.5 Å². The Hall–Kier alpha value is -4.19. The van der Waals surface area contributed by atoms with Crippen molar-refractivity contribution < 1.29 is 18.8 Å². The molecule has 0 radical (unpaired) electrons. The summed E-state index contributed by atoms with van der Waals surface area (Å²) in [4.78, 5) is 39.0. The van der Waals surface area contributed by atoms with E-state index in [0.29, 0.717) is 17.0 Å². The van der Waals surface area contributed by atoms with Crippen LogP contribution < -0.4 is 10.2 Å². The van der Waals surface area contributed by atoms with Crippen molar-refractivity contribution >= 4 is 51.4 Å². The third-order valence-electron chi connectivity index (χ3n) is 4.84. The van der Waals surface area contributed by atoms with Gasteiger partial charge in [0.05, 0.1) is 5.69 Å². The maximum Gasteiger partial charge on any atom is 0.335 e. The van der Waals surface area contributed by atoms with Crippen LogP contribution in [0.5, 0.6) is 0 Å². The molecule has 140 valence electrons. The number of nitrogens with one attached hydrogen (secondary N) is 1. The van der Waals surface area contributed by atoms with Crippen LogP contribution in [0.2, 0.25) is 0 Å². The van der Waals surface area contributed by atoms with Crippen LogP contribution in [0.3, 0.4) is 0 Å². The molecule has 6 nitrogen and oxygen atoms in total. The van der Waals surface area contributed by atoms with Gasteiger partial charge in [-0.15, -0.1) is 0 Å². The number of nitrogens with zero attached hydrogens (tertiary/aromatic N) is 1. The SMILES string of the molecule is O=C1NC(=O)N(c2cccc3ccccc23)C(=O)/C1=C\c1cc2ccccc2o1. The molecule has 4 aromatic rings. The van der Waals surface area contributed by atoms with Crippen LogP contribution in [0.4, 0.5) is 10.5 Å². The zero-order chi connectivity index (χ0) is 20.0. The molecule has 1 aliphatic heterocycles. The van der Waals surface area contributed by atoms with Gasteiger partial charge in [0.15, 0.2) is 0 Å². The highest BCUT2D eigenvalue weighted by Gasteiger charge is 2.37. The number of fused-ring (bicyclic) bond motifs is 2. The summed E-state index contributed by atoms with van der Waals surface area (Å²) < 4.78 is 5.69. The summed E-state index contributed by atoms with van der Waals surface area (Å²) in [6.45, 7) is 0. The van der Waals surface area contributed by atoms with Crippen LogP contribution >= 0.6 is 0 Å². The number of para-hydroxylation sites is 1. The molecule has 1 aliphatic rings. The molecule has 5 rings (SSSR count). The van der Waals surface area contributed by atoms with Crippen LogP contribution in [0.15, 0.2) is 82.8 Å². The van der Waals surface area contributed by atoms with E-state index in [9.17, 15) is 14.4 Å². The van der Waals surface area contributed by atoms with Gasteiger partial charge in [-0.25, -0.2) is 9.69 Å². The van der Waals surface area contributed by atoms with E-state index >= 15 is 0 Å². The Bertz CT molecular complexity index is 1310. The van der Waals surface area contributed by atoms with Crippen LogP contribution in [-0.4, -0.2) is 17.8 Å². The van der Waals surface area contributed by atoms with Gasteiger partial charge in [-0.2, -0.15) is 0 Å². The third kappa shape index (κ3) is 2.78. The van der Waals surface area contributed by atoms with E-state index in [-0.39, 0.29) is 5.57 Å². The molecule has 29 heavy (non-hydrogen) atoms. The number of rotatable bonds is 2. The molecule has 0 saturated carbocycles. The number of furan rings is 1. The minimum atomic E-state index is -0.780. The maximum atomic E-state index is 13.1. The fourth-order valence-electron chi connectivity index (χ4n) is 3.50. The van der Waals surface area contributed by atoms with Crippen LogP contribution in [0.1, 0.15) is 5.76 Å². The normalized spacial score (nSPS) is 16.1. The van der Waals surface area contributed by atoms with Gasteiger partial charge in [0, 0.05) is 10.8 Å². The van der Waals surface area contributed by atoms with Crippen LogP contribution in [0, 0.1) is 0 Å². The van der Waals surface area contributed by atoms with Gasteiger partial charge in [0.25, 0.3) is 11.8 Å². The number of urea groups is 1. The molecule has 3 aromatic carbocycles. The summed E-state index contributed by atoms with van der Waals surface area (Å²) in [5, 5.41) is 4.71. The first-order valence-electron chi connectivity index (χ1n) is 8.99. The standard InChI is InChI=1S/C23H14N2O4/c26-21-18(13-16-12-15-7-2-4-11-20(15)29-16)22(27)25(23(28)24-21)19-10-5-8-14-6-1-3-9-17(14)19/h1-13H,(H,24,26,28)/b18-13-. The molecule has 0 unspecified atom stereocenters. The van der Waals surface area contributed by atoms with E-state index in [2.05, 4.69) is 5.32 Å². The average molecular weight is 382 g/mol. The molecule has 0 aliphatic carbocycles. The molecule has 1 N–H and O–H groups in total. The minimum Gasteiger partial charge on any atom is -0.457 e. The molecule has 1 aromatic heterocycles. The Morgan fingerprint density at radius 2 is 1.55 bits per heavy atom. The van der Waals surface area contributed by atoms with Crippen LogP contribution in [0.25, 0.3) is 27.8 Å². The van der Waals surface area contributed by atoms with E-state index in [1.165, 1.54) is 6.08 Å². The quantitative estimate of drug-likeness (QED) is 0.415. The summed E-state index contributed by atoms with van der Waals surface area (Å²) in [6.07, 6.45) is 1.36. The molecular formula is C23H14N2O4. The molecule has 1 fully saturated rings. The van der Waals surface area contributed by atoms with Gasteiger partial charge in [0.1, 0.15) is 16.9 Å². The highest BCUT2D eigenvalue weighted by molar-refractivity contribution is 6.40. The highest BCUT2D eigenvalue weighted by atomic mass is 16.3. The predicted octanol–water partition coefficient (Wildman–Crippen LogP) is 4.25. The van der Waals surface area contributed by atoms with Gasteiger partial charge < -0.3 is 4.42 Å². The molecule has 1 saturated heterocycles. The molecule has 0 bridgehead atoms. The molecule has 0 atom stereocenters. The number of benzene rings is 3. The monoisotopic (exact) mass is 382 g/mol. The Kier molecular flexibility index (Phi) is 3.77. The summed E-state index contributed by atoms with van der Waals surface area (Å²) in [7, 11) is 0. The second-order valence-corrected chi connectivity index (χ2v) is 6.64. The molecule has 4 amide bonds. The number of amides is 4. The van der Waals surface area contributed by atoms with E-state index in [4.69, 9.17) is 4.42 Å². The van der Waals surface area contributed by atoms with Crippen molar-refractivity contribution in [2.75, 3.05) is 4.90 Å². The number of imide groups is 2.